The molecule has 0 aliphatic carbocycles. The topological polar surface area (TPSA) is 79.7 Å². The quantitative estimate of drug-likeness (QED) is 0.501. The Morgan fingerprint density at radius 1 is 1.30 bits per heavy atom. The summed E-state index contributed by atoms with van der Waals surface area (Å²) in [6.45, 7) is 0.646. The van der Waals surface area contributed by atoms with Crippen LogP contribution in [0.5, 0.6) is 0 Å². The zero-order valence-electron chi connectivity index (χ0n) is 10.8. The van der Waals surface area contributed by atoms with Gasteiger partial charge in [-0.2, -0.15) is 0 Å². The van der Waals surface area contributed by atoms with E-state index in [9.17, 15) is 0 Å². The van der Waals surface area contributed by atoms with Gasteiger partial charge in [-0.15, -0.1) is 0 Å². The van der Waals surface area contributed by atoms with E-state index < -0.39 is 0 Å². The normalized spacial score (nSPS) is 10.6. The number of benzene rings is 2. The van der Waals surface area contributed by atoms with Gasteiger partial charge in [0.25, 0.3) is 0 Å². The van der Waals surface area contributed by atoms with Crippen LogP contribution in [-0.2, 0) is 6.54 Å². The number of guanidine groups is 1. The third-order valence-electron chi connectivity index (χ3n) is 3.01. The number of anilines is 1. The van der Waals surface area contributed by atoms with Crippen LogP contribution in [0.2, 0.25) is 0 Å². The van der Waals surface area contributed by atoms with E-state index in [1.165, 1.54) is 0 Å². The summed E-state index contributed by atoms with van der Waals surface area (Å²) >= 11 is 0. The molecule has 3 aromatic rings. The average molecular weight is 264 g/mol. The van der Waals surface area contributed by atoms with Crippen molar-refractivity contribution in [2.75, 3.05) is 5.32 Å². The Hall–Kier alpha value is -2.82. The number of hydrogen-bond donors (Lipinski definition) is 3. The van der Waals surface area contributed by atoms with Crippen LogP contribution in [0, 0.1) is 11.5 Å². The minimum atomic E-state index is -0.124. The number of rotatable bonds is 3. The summed E-state index contributed by atoms with van der Waals surface area (Å²) in [6.07, 6.45) is 0. The second kappa shape index (κ2) is 5.05. The van der Waals surface area contributed by atoms with Crippen LogP contribution in [0.25, 0.3) is 11.0 Å². The fourth-order valence-electron chi connectivity index (χ4n) is 2.16. The van der Waals surface area contributed by atoms with Crippen molar-refractivity contribution in [1.29, 1.82) is 5.41 Å². The van der Waals surface area contributed by atoms with Crippen LogP contribution < -0.4 is 11.1 Å². The Balaban J connectivity index is 2.08. The van der Waals surface area contributed by atoms with Crippen LogP contribution in [0.3, 0.4) is 0 Å². The van der Waals surface area contributed by atoms with E-state index in [2.05, 4.69) is 16.4 Å². The van der Waals surface area contributed by atoms with Gasteiger partial charge in [-0.3, -0.25) is 10.7 Å². The highest BCUT2D eigenvalue weighted by atomic mass is 15.2. The van der Waals surface area contributed by atoms with Crippen molar-refractivity contribution in [2.45, 2.75) is 6.54 Å². The summed E-state index contributed by atoms with van der Waals surface area (Å²) in [4.78, 5) is 4.47. The maximum Gasteiger partial charge on any atom is 0.211 e. The van der Waals surface area contributed by atoms with Gasteiger partial charge in [-0.1, -0.05) is 30.3 Å². The highest BCUT2D eigenvalue weighted by Gasteiger charge is 2.11. The number of fused-ring (bicyclic) bond motifs is 1. The number of nitrogens with one attached hydrogen (secondary N) is 2. The second-order valence-corrected chi connectivity index (χ2v) is 4.46. The summed E-state index contributed by atoms with van der Waals surface area (Å²) in [5.41, 5.74) is 8.41. The van der Waals surface area contributed by atoms with Crippen LogP contribution in [0.4, 0.5) is 5.95 Å². The van der Waals surface area contributed by atoms with Crippen LogP contribution >= 0.6 is 0 Å². The Morgan fingerprint density at radius 3 is 2.90 bits per heavy atom. The van der Waals surface area contributed by atoms with E-state index in [-0.39, 0.29) is 5.96 Å². The molecule has 4 N–H and O–H groups in total. The first-order valence-electron chi connectivity index (χ1n) is 6.25. The fourth-order valence-corrected chi connectivity index (χ4v) is 2.16. The smallest absolute Gasteiger partial charge is 0.211 e. The standard InChI is InChI=1S/C15H14N5/c16-14(17)19-15-18-12-8-4-5-9-13(12)20(15)10-11-6-2-1-3-7-11/h1-2,4-9H,10H2,(H4,16,17,18,19). The number of imidazole rings is 1. The lowest BCUT2D eigenvalue weighted by Crippen LogP contribution is -2.23. The highest BCUT2D eigenvalue weighted by molar-refractivity contribution is 5.90. The molecule has 5 nitrogen and oxygen atoms in total. The zero-order valence-corrected chi connectivity index (χ0v) is 10.8. The SMILES string of the molecule is N=C(N)Nc1nc2ccccc2n1Cc1c[c]ccc1. The van der Waals surface area contributed by atoms with Crippen LogP contribution in [0.1, 0.15) is 5.56 Å². The predicted octanol–water partition coefficient (Wildman–Crippen LogP) is 2.19. The largest absolute Gasteiger partial charge is 0.370 e. The lowest BCUT2D eigenvalue weighted by atomic mass is 10.2. The molecule has 1 aromatic heterocycles. The lowest BCUT2D eigenvalue weighted by molar-refractivity contribution is 0.835. The van der Waals surface area contributed by atoms with Gasteiger partial charge in [0.05, 0.1) is 17.6 Å². The summed E-state index contributed by atoms with van der Waals surface area (Å²) in [5.74, 6) is 0.448. The molecule has 0 saturated carbocycles. The monoisotopic (exact) mass is 264 g/mol. The van der Waals surface area contributed by atoms with Gasteiger partial charge in [-0.05, 0) is 29.8 Å². The molecule has 0 aliphatic rings. The first-order chi connectivity index (χ1) is 9.74. The van der Waals surface area contributed by atoms with E-state index >= 15 is 0 Å². The van der Waals surface area contributed by atoms with Gasteiger partial charge >= 0.3 is 0 Å². The third-order valence-corrected chi connectivity index (χ3v) is 3.01. The van der Waals surface area contributed by atoms with Gasteiger partial charge in [-0.25, -0.2) is 4.98 Å². The number of nitrogens with two attached hydrogens (primary N) is 1. The molecule has 0 atom stereocenters. The molecule has 0 fully saturated rings. The molecule has 0 spiro atoms. The number of aromatic nitrogens is 2. The van der Waals surface area contributed by atoms with Crippen molar-refractivity contribution in [3.8, 4) is 0 Å². The van der Waals surface area contributed by atoms with Crippen LogP contribution in [-0.4, -0.2) is 15.5 Å². The molecular formula is C15H14N5. The summed E-state index contributed by atoms with van der Waals surface area (Å²) in [6, 6.07) is 18.7. The second-order valence-electron chi connectivity index (χ2n) is 4.46. The molecular weight excluding hydrogens is 250 g/mol. The molecule has 1 radical (unpaired) electrons. The minimum absolute atomic E-state index is 0.124. The minimum Gasteiger partial charge on any atom is -0.370 e. The molecule has 1 heterocycles. The van der Waals surface area contributed by atoms with Crippen LogP contribution in [0.15, 0.2) is 48.5 Å². The van der Waals surface area contributed by atoms with E-state index in [1.54, 1.807) is 0 Å². The van der Waals surface area contributed by atoms with E-state index in [1.807, 2.05) is 53.1 Å². The Bertz CT molecular complexity index is 745. The maximum atomic E-state index is 7.39. The van der Waals surface area contributed by atoms with E-state index in [0.29, 0.717) is 12.5 Å². The molecule has 0 amide bonds. The molecule has 3 rings (SSSR count). The Kier molecular flexibility index (Phi) is 3.09. The van der Waals surface area contributed by atoms with Crippen molar-refractivity contribution in [2.24, 2.45) is 5.73 Å². The molecule has 99 valence electrons. The van der Waals surface area contributed by atoms with Crippen molar-refractivity contribution in [3.63, 3.8) is 0 Å². The lowest BCUT2D eigenvalue weighted by Gasteiger charge is -2.09. The average Bonchev–Trinajstić information content (AvgIpc) is 2.77. The van der Waals surface area contributed by atoms with Gasteiger partial charge in [0.1, 0.15) is 0 Å². The van der Waals surface area contributed by atoms with Crippen molar-refractivity contribution in [3.05, 3.63) is 60.2 Å². The maximum absolute atomic E-state index is 7.39. The molecule has 5 heteroatoms. The third kappa shape index (κ3) is 2.33. The molecule has 0 aliphatic heterocycles. The number of para-hydroxylation sites is 2. The first-order valence-corrected chi connectivity index (χ1v) is 6.25. The van der Waals surface area contributed by atoms with Gasteiger partial charge in [0.15, 0.2) is 5.96 Å². The highest BCUT2D eigenvalue weighted by Crippen LogP contribution is 2.20. The molecule has 2 aromatic carbocycles. The Morgan fingerprint density at radius 2 is 2.15 bits per heavy atom. The summed E-state index contributed by atoms with van der Waals surface area (Å²) in [7, 11) is 0. The van der Waals surface area contributed by atoms with E-state index in [0.717, 1.165) is 16.6 Å². The van der Waals surface area contributed by atoms with Crippen molar-refractivity contribution < 1.29 is 0 Å². The molecule has 20 heavy (non-hydrogen) atoms. The van der Waals surface area contributed by atoms with Gasteiger partial charge in [0, 0.05) is 0 Å². The summed E-state index contributed by atoms with van der Waals surface area (Å²) < 4.78 is 2.00. The summed E-state index contributed by atoms with van der Waals surface area (Å²) in [5, 5.41) is 10.2. The van der Waals surface area contributed by atoms with E-state index in [4.69, 9.17) is 11.1 Å². The first kappa shape index (κ1) is 12.2. The Labute approximate surface area is 116 Å². The molecule has 0 saturated heterocycles. The number of nitrogens with zero attached hydrogens (tertiary/aromatic N) is 2. The van der Waals surface area contributed by atoms with Gasteiger partial charge in [0.2, 0.25) is 5.95 Å². The molecule has 0 unspecified atom stereocenters. The van der Waals surface area contributed by atoms with Crippen molar-refractivity contribution >= 4 is 22.9 Å². The van der Waals surface area contributed by atoms with Gasteiger partial charge < -0.3 is 10.3 Å². The van der Waals surface area contributed by atoms with Crippen molar-refractivity contribution in [1.82, 2.24) is 9.55 Å². The molecule has 0 bridgehead atoms. The zero-order chi connectivity index (χ0) is 13.9. The predicted molar refractivity (Wildman–Crippen MR) is 79.6 cm³/mol. The number of hydrogen-bond acceptors (Lipinski definition) is 2. The fraction of sp³-hybridized carbons (Fsp3) is 0.0667.